The zero-order valence-electron chi connectivity index (χ0n) is 16.8. The Bertz CT molecular complexity index is 1120. The molecule has 0 saturated heterocycles. The first kappa shape index (κ1) is 19.5. The summed E-state index contributed by atoms with van der Waals surface area (Å²) in [5.74, 6) is 0.423. The van der Waals surface area contributed by atoms with Crippen molar-refractivity contribution in [3.05, 3.63) is 102 Å². The van der Waals surface area contributed by atoms with Gasteiger partial charge in [-0.2, -0.15) is 5.10 Å². The molecule has 1 heterocycles. The maximum Gasteiger partial charge on any atom is 0.259 e. The summed E-state index contributed by atoms with van der Waals surface area (Å²) in [4.78, 5) is 13.2. The molecule has 0 aliphatic rings. The van der Waals surface area contributed by atoms with Crippen molar-refractivity contribution in [3.63, 3.8) is 0 Å². The molecule has 0 saturated carbocycles. The Morgan fingerprint density at radius 3 is 2.33 bits per heavy atom. The smallest absolute Gasteiger partial charge is 0.259 e. The molecule has 0 bridgehead atoms. The summed E-state index contributed by atoms with van der Waals surface area (Å²) in [6.07, 6.45) is 1.80. The first-order chi connectivity index (χ1) is 14.7. The summed E-state index contributed by atoms with van der Waals surface area (Å²) in [5, 5.41) is 7.70. The topological polar surface area (TPSA) is 56.1 Å². The lowest BCUT2D eigenvalue weighted by atomic mass is 10.1. The summed E-state index contributed by atoms with van der Waals surface area (Å²) in [7, 11) is 0. The number of carbonyl (C=O) groups excluding carboxylic acids is 1. The van der Waals surface area contributed by atoms with Crippen molar-refractivity contribution in [2.45, 2.75) is 13.5 Å². The molecule has 0 aliphatic carbocycles. The molecule has 0 radical (unpaired) electrons. The molecule has 0 atom stereocenters. The molecule has 0 unspecified atom stereocenters. The second-order valence-electron chi connectivity index (χ2n) is 6.82. The van der Waals surface area contributed by atoms with Crippen LogP contribution >= 0.6 is 0 Å². The van der Waals surface area contributed by atoms with Gasteiger partial charge in [0, 0.05) is 11.8 Å². The van der Waals surface area contributed by atoms with Crippen LogP contribution in [-0.4, -0.2) is 22.3 Å². The summed E-state index contributed by atoms with van der Waals surface area (Å²) < 4.78 is 7.44. The van der Waals surface area contributed by atoms with Gasteiger partial charge in [-0.25, -0.2) is 0 Å². The van der Waals surface area contributed by atoms with Crippen LogP contribution in [0.2, 0.25) is 0 Å². The molecular weight excluding hydrogens is 374 g/mol. The normalized spacial score (nSPS) is 10.6. The van der Waals surface area contributed by atoms with E-state index >= 15 is 0 Å². The van der Waals surface area contributed by atoms with Gasteiger partial charge in [-0.3, -0.25) is 9.48 Å². The SMILES string of the molecule is CCOc1ccccc1NC(=O)c1cn(Cc2ccccc2)nc1-c1ccccc1. The number of anilines is 1. The Kier molecular flexibility index (Phi) is 5.90. The Morgan fingerprint density at radius 1 is 0.933 bits per heavy atom. The fraction of sp³-hybridized carbons (Fsp3) is 0.120. The molecule has 0 aliphatic heterocycles. The number of ether oxygens (including phenoxy) is 1. The summed E-state index contributed by atoms with van der Waals surface area (Å²) >= 11 is 0. The van der Waals surface area contributed by atoms with Crippen molar-refractivity contribution < 1.29 is 9.53 Å². The van der Waals surface area contributed by atoms with Crippen LogP contribution in [0.4, 0.5) is 5.69 Å². The van der Waals surface area contributed by atoms with E-state index in [9.17, 15) is 4.79 Å². The van der Waals surface area contributed by atoms with Crippen molar-refractivity contribution in [1.82, 2.24) is 9.78 Å². The van der Waals surface area contributed by atoms with Gasteiger partial charge in [0.05, 0.1) is 24.4 Å². The van der Waals surface area contributed by atoms with E-state index in [0.29, 0.717) is 35.8 Å². The lowest BCUT2D eigenvalue weighted by Crippen LogP contribution is -2.13. The first-order valence-corrected chi connectivity index (χ1v) is 9.94. The predicted molar refractivity (Wildman–Crippen MR) is 119 cm³/mol. The van der Waals surface area contributed by atoms with Gasteiger partial charge in [-0.05, 0) is 24.6 Å². The van der Waals surface area contributed by atoms with Gasteiger partial charge in [0.1, 0.15) is 11.4 Å². The minimum absolute atomic E-state index is 0.222. The van der Waals surface area contributed by atoms with E-state index in [2.05, 4.69) is 5.32 Å². The molecule has 0 spiro atoms. The Hall–Kier alpha value is -3.86. The number of benzene rings is 3. The summed E-state index contributed by atoms with van der Waals surface area (Å²) in [6.45, 7) is 3.03. The number of para-hydroxylation sites is 2. The van der Waals surface area contributed by atoms with Gasteiger partial charge in [0.2, 0.25) is 0 Å². The van der Waals surface area contributed by atoms with Crippen molar-refractivity contribution in [1.29, 1.82) is 0 Å². The zero-order chi connectivity index (χ0) is 20.8. The van der Waals surface area contributed by atoms with Crippen LogP contribution in [-0.2, 0) is 6.54 Å². The second kappa shape index (κ2) is 9.09. The number of hydrogen-bond donors (Lipinski definition) is 1. The molecule has 150 valence electrons. The van der Waals surface area contributed by atoms with E-state index in [4.69, 9.17) is 9.84 Å². The molecule has 3 aromatic carbocycles. The van der Waals surface area contributed by atoms with Gasteiger partial charge in [0.15, 0.2) is 0 Å². The summed E-state index contributed by atoms with van der Waals surface area (Å²) in [6, 6.07) is 27.2. The molecule has 5 heteroatoms. The molecule has 5 nitrogen and oxygen atoms in total. The molecular formula is C25H23N3O2. The highest BCUT2D eigenvalue weighted by Gasteiger charge is 2.19. The Morgan fingerprint density at radius 2 is 1.60 bits per heavy atom. The van der Waals surface area contributed by atoms with Gasteiger partial charge in [-0.1, -0.05) is 72.8 Å². The van der Waals surface area contributed by atoms with Crippen LogP contribution in [0.5, 0.6) is 5.75 Å². The zero-order valence-corrected chi connectivity index (χ0v) is 16.8. The average molecular weight is 397 g/mol. The lowest BCUT2D eigenvalue weighted by molar-refractivity contribution is 0.102. The van der Waals surface area contributed by atoms with Gasteiger partial charge in [0.25, 0.3) is 5.91 Å². The third kappa shape index (κ3) is 4.41. The highest BCUT2D eigenvalue weighted by atomic mass is 16.5. The fourth-order valence-electron chi connectivity index (χ4n) is 3.29. The monoisotopic (exact) mass is 397 g/mol. The number of carbonyl (C=O) groups is 1. The van der Waals surface area contributed by atoms with Crippen LogP contribution < -0.4 is 10.1 Å². The van der Waals surface area contributed by atoms with Crippen LogP contribution in [0.25, 0.3) is 11.3 Å². The molecule has 30 heavy (non-hydrogen) atoms. The number of nitrogens with zero attached hydrogens (tertiary/aromatic N) is 2. The van der Waals surface area contributed by atoms with Gasteiger partial charge < -0.3 is 10.1 Å². The van der Waals surface area contributed by atoms with E-state index in [-0.39, 0.29) is 5.91 Å². The fourth-order valence-corrected chi connectivity index (χ4v) is 3.29. The van der Waals surface area contributed by atoms with Crippen molar-refractivity contribution in [2.24, 2.45) is 0 Å². The number of hydrogen-bond acceptors (Lipinski definition) is 3. The van der Waals surface area contributed by atoms with E-state index in [1.165, 1.54) is 0 Å². The Balaban J connectivity index is 1.68. The van der Waals surface area contributed by atoms with Crippen LogP contribution in [0.3, 0.4) is 0 Å². The van der Waals surface area contributed by atoms with E-state index in [1.54, 1.807) is 10.9 Å². The van der Waals surface area contributed by atoms with Crippen LogP contribution in [0.1, 0.15) is 22.8 Å². The van der Waals surface area contributed by atoms with E-state index < -0.39 is 0 Å². The maximum absolute atomic E-state index is 13.2. The summed E-state index contributed by atoms with van der Waals surface area (Å²) in [5.41, 5.74) is 3.82. The maximum atomic E-state index is 13.2. The number of amides is 1. The largest absolute Gasteiger partial charge is 0.492 e. The number of nitrogens with one attached hydrogen (secondary N) is 1. The second-order valence-corrected chi connectivity index (χ2v) is 6.82. The average Bonchev–Trinajstić information content (AvgIpc) is 3.20. The van der Waals surface area contributed by atoms with Crippen LogP contribution in [0.15, 0.2) is 91.1 Å². The molecule has 1 aromatic heterocycles. The minimum Gasteiger partial charge on any atom is -0.492 e. The molecule has 0 fully saturated rings. The van der Waals surface area contributed by atoms with E-state index in [1.807, 2.05) is 91.9 Å². The number of rotatable bonds is 7. The highest BCUT2D eigenvalue weighted by molar-refractivity contribution is 6.08. The molecule has 1 N–H and O–H groups in total. The third-order valence-corrected chi connectivity index (χ3v) is 4.68. The molecule has 1 amide bonds. The molecule has 4 rings (SSSR count). The Labute approximate surface area is 175 Å². The molecule has 4 aromatic rings. The quantitative estimate of drug-likeness (QED) is 0.463. The van der Waals surface area contributed by atoms with Crippen molar-refractivity contribution in [2.75, 3.05) is 11.9 Å². The van der Waals surface area contributed by atoms with E-state index in [0.717, 1.165) is 11.1 Å². The predicted octanol–water partition coefficient (Wildman–Crippen LogP) is 5.25. The van der Waals surface area contributed by atoms with Gasteiger partial charge >= 0.3 is 0 Å². The third-order valence-electron chi connectivity index (χ3n) is 4.68. The minimum atomic E-state index is -0.222. The van der Waals surface area contributed by atoms with Crippen molar-refractivity contribution >= 4 is 11.6 Å². The van der Waals surface area contributed by atoms with Crippen molar-refractivity contribution in [3.8, 4) is 17.0 Å². The van der Waals surface area contributed by atoms with Crippen LogP contribution in [0, 0.1) is 0 Å². The standard InChI is InChI=1S/C25H23N3O2/c1-2-30-23-16-10-9-15-22(23)26-25(29)21-18-28(17-19-11-5-3-6-12-19)27-24(21)20-13-7-4-8-14-20/h3-16,18H,2,17H2,1H3,(H,26,29). The van der Waals surface area contributed by atoms with Gasteiger partial charge in [-0.15, -0.1) is 0 Å². The number of aromatic nitrogens is 2. The first-order valence-electron chi connectivity index (χ1n) is 9.94. The highest BCUT2D eigenvalue weighted by Crippen LogP contribution is 2.27. The lowest BCUT2D eigenvalue weighted by Gasteiger charge is -2.11.